The van der Waals surface area contributed by atoms with E-state index in [0.29, 0.717) is 17.2 Å². The Labute approximate surface area is 137 Å². The van der Waals surface area contributed by atoms with Gasteiger partial charge in [0.15, 0.2) is 0 Å². The number of phenolic OH excluding ortho intramolecular Hbond substituents is 3. The summed E-state index contributed by atoms with van der Waals surface area (Å²) in [6.45, 7) is 6.00. The van der Waals surface area contributed by atoms with Crippen molar-refractivity contribution in [1.82, 2.24) is 0 Å². The predicted octanol–water partition coefficient (Wildman–Crippen LogP) is 4.98. The summed E-state index contributed by atoms with van der Waals surface area (Å²) in [4.78, 5) is 0. The minimum Gasteiger partial charge on any atom is -0.508 e. The first-order valence-electron chi connectivity index (χ1n) is 6.90. The van der Waals surface area contributed by atoms with Gasteiger partial charge < -0.3 is 15.3 Å². The van der Waals surface area contributed by atoms with E-state index in [2.05, 4.69) is 13.2 Å². The van der Waals surface area contributed by atoms with E-state index in [-0.39, 0.29) is 0 Å². The van der Waals surface area contributed by atoms with Gasteiger partial charge in [-0.3, -0.25) is 0 Å². The molecule has 0 heterocycles. The standard InChI is InChI=1S/3C6H6O.C2H4/c3*7-6-4-2-1-3-5-6;1-2/h3*1-5,7H;1-2H2. The molecule has 3 nitrogen and oxygen atoms in total. The zero-order chi connectivity index (χ0) is 17.3. The molecule has 3 heteroatoms. The number of benzene rings is 3. The number of aromatic hydroxyl groups is 3. The van der Waals surface area contributed by atoms with E-state index in [1.165, 1.54) is 0 Å². The highest BCUT2D eigenvalue weighted by molar-refractivity contribution is 5.19. The van der Waals surface area contributed by atoms with E-state index in [4.69, 9.17) is 15.3 Å². The van der Waals surface area contributed by atoms with Crippen molar-refractivity contribution in [3.05, 3.63) is 104 Å². The summed E-state index contributed by atoms with van der Waals surface area (Å²) in [6, 6.07) is 26.1. The lowest BCUT2D eigenvalue weighted by Crippen LogP contribution is -1.56. The summed E-state index contributed by atoms with van der Waals surface area (Å²) >= 11 is 0. The fraction of sp³-hybridized carbons (Fsp3) is 0. The van der Waals surface area contributed by atoms with Gasteiger partial charge in [0.1, 0.15) is 17.2 Å². The molecule has 0 bridgehead atoms. The highest BCUT2D eigenvalue weighted by Crippen LogP contribution is 2.04. The molecule has 0 spiro atoms. The van der Waals surface area contributed by atoms with Crippen LogP contribution < -0.4 is 0 Å². The Morgan fingerprint density at radius 3 is 0.652 bits per heavy atom. The molecule has 0 unspecified atom stereocenters. The number of hydrogen-bond donors (Lipinski definition) is 3. The Bertz CT molecular complexity index is 506. The Hall–Kier alpha value is -3.20. The molecule has 3 aromatic rings. The smallest absolute Gasteiger partial charge is 0.115 e. The van der Waals surface area contributed by atoms with Crippen molar-refractivity contribution in [1.29, 1.82) is 0 Å². The number of para-hydroxylation sites is 3. The third-order valence-corrected chi connectivity index (χ3v) is 2.27. The average molecular weight is 310 g/mol. The number of hydrogen-bond acceptors (Lipinski definition) is 3. The van der Waals surface area contributed by atoms with Gasteiger partial charge in [0.05, 0.1) is 0 Å². The Morgan fingerprint density at radius 1 is 0.391 bits per heavy atom. The summed E-state index contributed by atoms with van der Waals surface area (Å²) in [7, 11) is 0. The fourth-order valence-corrected chi connectivity index (χ4v) is 1.28. The monoisotopic (exact) mass is 310 g/mol. The van der Waals surface area contributed by atoms with Crippen LogP contribution in [-0.2, 0) is 0 Å². The maximum atomic E-state index is 8.63. The summed E-state index contributed by atoms with van der Waals surface area (Å²) in [5.74, 6) is 0.965. The van der Waals surface area contributed by atoms with Crippen molar-refractivity contribution in [2.75, 3.05) is 0 Å². The van der Waals surface area contributed by atoms with Crippen LogP contribution in [0.1, 0.15) is 0 Å². The SMILES string of the molecule is C=C.Oc1ccccc1.Oc1ccccc1.Oc1ccccc1. The van der Waals surface area contributed by atoms with Gasteiger partial charge in [-0.15, -0.1) is 13.2 Å². The molecule has 23 heavy (non-hydrogen) atoms. The van der Waals surface area contributed by atoms with Gasteiger partial charge in [0.25, 0.3) is 0 Å². The first-order valence-corrected chi connectivity index (χ1v) is 6.90. The molecule has 3 rings (SSSR count). The van der Waals surface area contributed by atoms with Crippen molar-refractivity contribution in [3.8, 4) is 17.2 Å². The van der Waals surface area contributed by atoms with Crippen molar-refractivity contribution in [3.63, 3.8) is 0 Å². The maximum absolute atomic E-state index is 8.63. The molecule has 0 atom stereocenters. The van der Waals surface area contributed by atoms with Gasteiger partial charge >= 0.3 is 0 Å². The molecular weight excluding hydrogens is 288 g/mol. The van der Waals surface area contributed by atoms with Crippen LogP contribution >= 0.6 is 0 Å². The topological polar surface area (TPSA) is 60.7 Å². The van der Waals surface area contributed by atoms with E-state index in [0.717, 1.165) is 0 Å². The van der Waals surface area contributed by atoms with Crippen LogP contribution in [0.15, 0.2) is 104 Å². The maximum Gasteiger partial charge on any atom is 0.115 e. The van der Waals surface area contributed by atoms with E-state index in [9.17, 15) is 0 Å². The van der Waals surface area contributed by atoms with Crippen molar-refractivity contribution >= 4 is 0 Å². The molecule has 0 aliphatic rings. The first-order chi connectivity index (χ1) is 11.2. The molecule has 3 N–H and O–H groups in total. The second-order valence-corrected chi connectivity index (χ2v) is 4.01. The van der Waals surface area contributed by atoms with Crippen LogP contribution in [0.3, 0.4) is 0 Å². The highest BCUT2D eigenvalue weighted by atomic mass is 16.3. The van der Waals surface area contributed by atoms with Crippen LogP contribution in [0.2, 0.25) is 0 Å². The molecule has 0 amide bonds. The van der Waals surface area contributed by atoms with Gasteiger partial charge in [-0.1, -0.05) is 54.6 Å². The number of phenols is 3. The minimum atomic E-state index is 0.322. The summed E-state index contributed by atoms with van der Waals surface area (Å²) in [5, 5.41) is 25.9. The molecule has 0 saturated heterocycles. The van der Waals surface area contributed by atoms with Crippen LogP contribution in [0.4, 0.5) is 0 Å². The molecule has 3 aromatic carbocycles. The van der Waals surface area contributed by atoms with E-state index >= 15 is 0 Å². The zero-order valence-corrected chi connectivity index (χ0v) is 12.9. The average Bonchev–Trinajstić information content (AvgIpc) is 2.60. The second kappa shape index (κ2) is 13.8. The van der Waals surface area contributed by atoms with Gasteiger partial charge in [0.2, 0.25) is 0 Å². The quantitative estimate of drug-likeness (QED) is 0.513. The normalized spacial score (nSPS) is 8.00. The van der Waals surface area contributed by atoms with Gasteiger partial charge in [-0.25, -0.2) is 0 Å². The molecule has 0 aliphatic carbocycles. The summed E-state index contributed by atoms with van der Waals surface area (Å²) in [6.07, 6.45) is 0. The van der Waals surface area contributed by atoms with Crippen molar-refractivity contribution in [2.45, 2.75) is 0 Å². The predicted molar refractivity (Wildman–Crippen MR) is 95.6 cm³/mol. The molecule has 0 radical (unpaired) electrons. The minimum absolute atomic E-state index is 0.322. The van der Waals surface area contributed by atoms with Crippen molar-refractivity contribution in [2.24, 2.45) is 0 Å². The van der Waals surface area contributed by atoms with Gasteiger partial charge in [-0.2, -0.15) is 0 Å². The lowest BCUT2D eigenvalue weighted by atomic mass is 10.3. The summed E-state index contributed by atoms with van der Waals surface area (Å²) in [5.41, 5.74) is 0. The van der Waals surface area contributed by atoms with Crippen molar-refractivity contribution < 1.29 is 15.3 Å². The first kappa shape index (κ1) is 19.8. The molecule has 0 aliphatic heterocycles. The van der Waals surface area contributed by atoms with Gasteiger partial charge in [0, 0.05) is 0 Å². The van der Waals surface area contributed by atoms with E-state index in [1.54, 1.807) is 72.8 Å². The third kappa shape index (κ3) is 12.3. The third-order valence-electron chi connectivity index (χ3n) is 2.27. The molecular formula is C20H22O3. The van der Waals surface area contributed by atoms with Crippen LogP contribution in [0, 0.1) is 0 Å². The molecule has 120 valence electrons. The Balaban J connectivity index is 0.000000299. The summed E-state index contributed by atoms with van der Waals surface area (Å²) < 4.78 is 0. The molecule has 0 aromatic heterocycles. The second-order valence-electron chi connectivity index (χ2n) is 4.01. The van der Waals surface area contributed by atoms with Crippen LogP contribution in [0.5, 0.6) is 17.2 Å². The highest BCUT2D eigenvalue weighted by Gasteiger charge is 1.76. The van der Waals surface area contributed by atoms with Gasteiger partial charge in [-0.05, 0) is 36.4 Å². The van der Waals surface area contributed by atoms with Crippen LogP contribution in [-0.4, -0.2) is 15.3 Å². The fourth-order valence-electron chi connectivity index (χ4n) is 1.28. The van der Waals surface area contributed by atoms with Crippen LogP contribution in [0.25, 0.3) is 0 Å². The molecule has 0 saturated carbocycles. The largest absolute Gasteiger partial charge is 0.508 e. The number of rotatable bonds is 0. The zero-order valence-electron chi connectivity index (χ0n) is 12.9. The van der Waals surface area contributed by atoms with E-state index in [1.807, 2.05) is 18.2 Å². The molecule has 0 fully saturated rings. The lowest BCUT2D eigenvalue weighted by Gasteiger charge is -1.82. The Kier molecular flexibility index (Phi) is 11.9. The lowest BCUT2D eigenvalue weighted by molar-refractivity contribution is 0.475. The van der Waals surface area contributed by atoms with E-state index < -0.39 is 0 Å². The Morgan fingerprint density at radius 2 is 0.565 bits per heavy atom.